The highest BCUT2D eigenvalue weighted by Gasteiger charge is 2.43. The van der Waals surface area contributed by atoms with Crippen LogP contribution in [0.5, 0.6) is 5.75 Å². The second-order valence-electron chi connectivity index (χ2n) is 11.3. The number of halogens is 2. The molecular formula is C31H29ClFN5O5S. The van der Waals surface area contributed by atoms with Gasteiger partial charge in [0.05, 0.1) is 44.0 Å². The SMILES string of the molecule is C=CC(=O)N1CCN2c3nc(=O)n(-c4c(C)ccnc4C(C)C)c4c(F)c(-c5ccccc5O)c(Cl)c(c34)S(=O)(=O)CC2C1. The van der Waals surface area contributed by atoms with Gasteiger partial charge in [0.15, 0.2) is 15.7 Å². The predicted molar refractivity (Wildman–Crippen MR) is 166 cm³/mol. The van der Waals surface area contributed by atoms with Gasteiger partial charge < -0.3 is 14.9 Å². The molecule has 0 spiro atoms. The average molecular weight is 638 g/mol. The van der Waals surface area contributed by atoms with E-state index < -0.39 is 43.1 Å². The van der Waals surface area contributed by atoms with Crippen molar-refractivity contribution in [1.29, 1.82) is 0 Å². The summed E-state index contributed by atoms with van der Waals surface area (Å²) in [5, 5.41) is 10.2. The molecule has 0 aliphatic carbocycles. The fourth-order valence-electron chi connectivity index (χ4n) is 6.22. The van der Waals surface area contributed by atoms with E-state index in [2.05, 4.69) is 16.5 Å². The van der Waals surface area contributed by atoms with Gasteiger partial charge in [0.25, 0.3) is 0 Å². The van der Waals surface area contributed by atoms with E-state index in [0.29, 0.717) is 11.3 Å². The number of phenols is 1. The van der Waals surface area contributed by atoms with Gasteiger partial charge in [-0.3, -0.25) is 14.3 Å². The molecule has 1 amide bonds. The average Bonchev–Trinajstić information content (AvgIpc) is 3.07. The molecule has 2 aliphatic rings. The topological polar surface area (TPSA) is 126 Å². The van der Waals surface area contributed by atoms with Crippen molar-refractivity contribution in [2.24, 2.45) is 0 Å². The number of benzene rings is 2. The minimum absolute atomic E-state index is 0.00989. The van der Waals surface area contributed by atoms with E-state index in [9.17, 15) is 23.1 Å². The summed E-state index contributed by atoms with van der Waals surface area (Å²) in [6.45, 7) is 9.37. The van der Waals surface area contributed by atoms with Crippen LogP contribution in [0.3, 0.4) is 0 Å². The fraction of sp³-hybridized carbons (Fsp3) is 0.290. The number of carbonyl (C=O) groups excluding carboxylic acids is 1. The van der Waals surface area contributed by atoms with E-state index in [4.69, 9.17) is 11.6 Å². The maximum atomic E-state index is 17.2. The summed E-state index contributed by atoms with van der Waals surface area (Å²) >= 11 is 6.86. The Kier molecular flexibility index (Phi) is 7.24. The number of nitrogens with zero attached hydrogens (tertiary/aromatic N) is 5. The molecule has 1 fully saturated rings. The molecule has 6 rings (SSSR count). The van der Waals surface area contributed by atoms with Crippen LogP contribution >= 0.6 is 11.6 Å². The van der Waals surface area contributed by atoms with Gasteiger partial charge in [-0.15, -0.1) is 0 Å². The predicted octanol–water partition coefficient (Wildman–Crippen LogP) is 4.37. The normalized spacial score (nSPS) is 17.5. The second kappa shape index (κ2) is 10.7. The van der Waals surface area contributed by atoms with Crippen LogP contribution in [0.25, 0.3) is 27.7 Å². The summed E-state index contributed by atoms with van der Waals surface area (Å²) < 4.78 is 46.9. The molecule has 0 saturated carbocycles. The molecule has 10 nitrogen and oxygen atoms in total. The Morgan fingerprint density at radius 2 is 1.95 bits per heavy atom. The number of rotatable bonds is 4. The standard InChI is InChI=1S/C31H29ClFN5O5S/c1-5-21(40)36-12-13-37-18(14-36)15-44(42,43)29-23-28(25(33)22(24(29)32)19-8-6-7-9-20(19)39)38(31(41)35-30(23)37)27-17(4)10-11-34-26(27)16(2)3/h5-11,16,18,39H,1,12-15H2,2-4H3. The Morgan fingerprint density at radius 1 is 1.23 bits per heavy atom. The molecule has 2 aromatic heterocycles. The molecule has 1 unspecified atom stereocenters. The molecule has 1 atom stereocenters. The zero-order valence-electron chi connectivity index (χ0n) is 24.2. The van der Waals surface area contributed by atoms with Gasteiger partial charge in [0.1, 0.15) is 11.6 Å². The number of fused-ring (bicyclic) bond motifs is 2. The molecule has 0 bridgehead atoms. The summed E-state index contributed by atoms with van der Waals surface area (Å²) in [4.78, 5) is 38.2. The van der Waals surface area contributed by atoms with Crippen molar-refractivity contribution in [2.75, 3.05) is 30.3 Å². The zero-order valence-corrected chi connectivity index (χ0v) is 25.8. The maximum Gasteiger partial charge on any atom is 0.354 e. The number of amides is 1. The number of para-hydroxylation sites is 1. The van der Waals surface area contributed by atoms with Crippen LogP contribution in [0.4, 0.5) is 10.2 Å². The van der Waals surface area contributed by atoms with Gasteiger partial charge in [-0.25, -0.2) is 17.6 Å². The van der Waals surface area contributed by atoms with Crippen molar-refractivity contribution < 1.29 is 22.7 Å². The van der Waals surface area contributed by atoms with E-state index in [1.807, 2.05) is 13.8 Å². The Bertz CT molecular complexity index is 2060. The van der Waals surface area contributed by atoms with Crippen LogP contribution in [-0.4, -0.2) is 70.3 Å². The third kappa shape index (κ3) is 4.46. The Labute approximate surface area is 258 Å². The van der Waals surface area contributed by atoms with Gasteiger partial charge in [-0.05, 0) is 36.6 Å². The van der Waals surface area contributed by atoms with Crippen LogP contribution < -0.4 is 10.6 Å². The van der Waals surface area contributed by atoms with Crippen molar-refractivity contribution in [3.8, 4) is 22.6 Å². The van der Waals surface area contributed by atoms with Gasteiger partial charge in [0, 0.05) is 37.0 Å². The zero-order chi connectivity index (χ0) is 31.7. The lowest BCUT2D eigenvalue weighted by molar-refractivity contribution is -0.126. The molecule has 228 valence electrons. The van der Waals surface area contributed by atoms with Crippen LogP contribution in [0, 0.1) is 12.7 Å². The van der Waals surface area contributed by atoms with E-state index in [-0.39, 0.29) is 70.7 Å². The third-order valence-electron chi connectivity index (χ3n) is 8.21. The number of hydrogen-bond donors (Lipinski definition) is 1. The summed E-state index contributed by atoms with van der Waals surface area (Å²) in [6, 6.07) is 6.71. The summed E-state index contributed by atoms with van der Waals surface area (Å²) in [6.07, 6.45) is 2.74. The Balaban J connectivity index is 1.82. The number of aromatic nitrogens is 3. The highest BCUT2D eigenvalue weighted by molar-refractivity contribution is 7.91. The number of pyridine rings is 1. The molecule has 13 heteroatoms. The molecule has 1 N–H and O–H groups in total. The molecule has 4 aromatic rings. The van der Waals surface area contributed by atoms with Crippen molar-refractivity contribution in [1.82, 2.24) is 19.4 Å². The smallest absolute Gasteiger partial charge is 0.354 e. The highest BCUT2D eigenvalue weighted by Crippen LogP contribution is 2.48. The van der Waals surface area contributed by atoms with Crippen molar-refractivity contribution >= 4 is 44.1 Å². The van der Waals surface area contributed by atoms with Crippen LogP contribution in [-0.2, 0) is 14.6 Å². The minimum Gasteiger partial charge on any atom is -0.507 e. The summed E-state index contributed by atoms with van der Waals surface area (Å²) in [7, 11) is -4.31. The largest absolute Gasteiger partial charge is 0.507 e. The number of aromatic hydroxyl groups is 1. The molecule has 0 radical (unpaired) electrons. The number of piperazine rings is 1. The maximum absolute atomic E-state index is 17.2. The van der Waals surface area contributed by atoms with E-state index in [0.717, 1.165) is 10.6 Å². The quantitative estimate of drug-likeness (QED) is 0.258. The van der Waals surface area contributed by atoms with Gasteiger partial charge in [-0.2, -0.15) is 4.98 Å². The molecule has 2 aliphatic heterocycles. The molecule has 4 heterocycles. The van der Waals surface area contributed by atoms with Crippen LogP contribution in [0.15, 0.2) is 58.9 Å². The summed E-state index contributed by atoms with van der Waals surface area (Å²) in [5.74, 6) is -2.41. The minimum atomic E-state index is -4.31. The van der Waals surface area contributed by atoms with Gasteiger partial charge in [0.2, 0.25) is 5.91 Å². The number of sulfone groups is 1. The van der Waals surface area contributed by atoms with Crippen molar-refractivity contribution in [2.45, 2.75) is 37.6 Å². The highest BCUT2D eigenvalue weighted by atomic mass is 35.5. The number of anilines is 1. The number of carbonyl (C=O) groups is 1. The lowest BCUT2D eigenvalue weighted by Crippen LogP contribution is -2.57. The van der Waals surface area contributed by atoms with Crippen molar-refractivity contribution in [3.05, 3.63) is 81.8 Å². The van der Waals surface area contributed by atoms with Crippen LogP contribution in [0.1, 0.15) is 31.0 Å². The number of phenolic OH excluding ortho intramolecular Hbond substituents is 1. The first-order valence-electron chi connectivity index (χ1n) is 14.0. The Morgan fingerprint density at radius 3 is 2.64 bits per heavy atom. The number of hydrogen-bond acceptors (Lipinski definition) is 8. The van der Waals surface area contributed by atoms with Crippen LogP contribution in [0.2, 0.25) is 5.02 Å². The molecular weight excluding hydrogens is 609 g/mol. The van der Waals surface area contributed by atoms with E-state index in [1.54, 1.807) is 30.2 Å². The van der Waals surface area contributed by atoms with Gasteiger partial charge in [-0.1, -0.05) is 50.2 Å². The van der Waals surface area contributed by atoms with Gasteiger partial charge >= 0.3 is 5.69 Å². The fourth-order valence-corrected chi connectivity index (χ4v) is 8.69. The molecule has 1 saturated heterocycles. The molecule has 44 heavy (non-hydrogen) atoms. The lowest BCUT2D eigenvalue weighted by Gasteiger charge is -2.41. The first-order chi connectivity index (χ1) is 20.9. The monoisotopic (exact) mass is 637 g/mol. The molecule has 2 aromatic carbocycles. The first kappa shape index (κ1) is 29.8. The van der Waals surface area contributed by atoms with E-state index >= 15 is 4.39 Å². The second-order valence-corrected chi connectivity index (χ2v) is 13.6. The Hall–Kier alpha value is -4.29. The third-order valence-corrected chi connectivity index (χ3v) is 10.6. The first-order valence-corrected chi connectivity index (χ1v) is 16.0. The summed E-state index contributed by atoms with van der Waals surface area (Å²) in [5.41, 5.74) is -0.243. The lowest BCUT2D eigenvalue weighted by atomic mass is 9.99. The number of aryl methyl sites for hydroxylation is 1. The van der Waals surface area contributed by atoms with Crippen molar-refractivity contribution in [3.63, 3.8) is 0 Å². The van der Waals surface area contributed by atoms with E-state index in [1.165, 1.54) is 23.1 Å².